The summed E-state index contributed by atoms with van der Waals surface area (Å²) in [7, 11) is 5.58. The quantitative estimate of drug-likeness (QED) is 0.104. The molecule has 0 bridgehead atoms. The highest BCUT2D eigenvalue weighted by Crippen LogP contribution is 2.66. The summed E-state index contributed by atoms with van der Waals surface area (Å²) >= 11 is 0. The second-order valence-electron chi connectivity index (χ2n) is 14.2. The van der Waals surface area contributed by atoms with Gasteiger partial charge in [0.15, 0.2) is 22.7 Å². The first kappa shape index (κ1) is 33.1. The number of benzene rings is 4. The molecule has 0 unspecified atom stereocenters. The van der Waals surface area contributed by atoms with Gasteiger partial charge in [0.1, 0.15) is 44.9 Å². The highest BCUT2D eigenvalue weighted by atomic mass is 16.5. The lowest BCUT2D eigenvalue weighted by Crippen LogP contribution is -2.33. The third kappa shape index (κ3) is 4.33. The fraction of sp³-hybridized carbons (Fsp3) is 0.300. The molecule has 6 aromatic rings. The summed E-state index contributed by atoms with van der Waals surface area (Å²) in [4.78, 5) is 29.3. The third-order valence-electron chi connectivity index (χ3n) is 10.9. The lowest BCUT2D eigenvalue weighted by molar-refractivity contribution is 0.173. The molecule has 52 heavy (non-hydrogen) atoms. The highest BCUT2D eigenvalue weighted by molar-refractivity contribution is 6.02. The summed E-state index contributed by atoms with van der Waals surface area (Å²) in [5, 5.41) is 45.3. The van der Waals surface area contributed by atoms with Crippen molar-refractivity contribution in [3.63, 3.8) is 0 Å². The topological polar surface area (TPSA) is 178 Å². The molecule has 0 radical (unpaired) electrons. The summed E-state index contributed by atoms with van der Waals surface area (Å²) in [6, 6.07) is 7.07. The monoisotopic (exact) mass is 708 g/mol. The van der Waals surface area contributed by atoms with E-state index in [0.717, 1.165) is 5.57 Å². The Morgan fingerprint density at radius 3 is 1.79 bits per heavy atom. The van der Waals surface area contributed by atoms with E-state index in [4.69, 9.17) is 27.8 Å². The smallest absolute Gasteiger partial charge is 0.204 e. The van der Waals surface area contributed by atoms with Gasteiger partial charge in [-0.2, -0.15) is 0 Å². The van der Waals surface area contributed by atoms with Crippen LogP contribution in [-0.2, 0) is 0 Å². The summed E-state index contributed by atoms with van der Waals surface area (Å²) in [5.74, 6) is -2.72. The van der Waals surface area contributed by atoms with E-state index in [1.807, 2.05) is 6.92 Å². The molecule has 8 rings (SSSR count). The van der Waals surface area contributed by atoms with Crippen molar-refractivity contribution in [1.82, 2.24) is 0 Å². The SMILES string of the molecule is COc1cc(O)c2c(=O)c3c([C@H]4c5c(OC)c(O)c6oc7cc(OC)cc(O)c7c(=O)c6c5[C@@H]5C=C(C)CC(C)(C)[C@H]45)cc(OC)c(O)c3oc2c1. The Hall–Kier alpha value is -6.04. The molecule has 0 saturated heterocycles. The van der Waals surface area contributed by atoms with Gasteiger partial charge in [0.25, 0.3) is 0 Å². The molecule has 2 aliphatic carbocycles. The van der Waals surface area contributed by atoms with E-state index in [0.29, 0.717) is 23.1 Å². The van der Waals surface area contributed by atoms with Gasteiger partial charge in [-0.25, -0.2) is 0 Å². The van der Waals surface area contributed by atoms with Crippen molar-refractivity contribution in [3.8, 4) is 46.0 Å². The summed E-state index contributed by atoms with van der Waals surface area (Å²) in [6.07, 6.45) is 2.74. The zero-order valence-electron chi connectivity index (χ0n) is 29.5. The van der Waals surface area contributed by atoms with Crippen LogP contribution in [0, 0.1) is 11.3 Å². The van der Waals surface area contributed by atoms with E-state index in [1.165, 1.54) is 52.7 Å². The van der Waals surface area contributed by atoms with E-state index < -0.39 is 39.6 Å². The minimum absolute atomic E-state index is 0.00337. The number of fused-ring (bicyclic) bond motifs is 8. The Morgan fingerprint density at radius 1 is 0.692 bits per heavy atom. The van der Waals surface area contributed by atoms with E-state index >= 15 is 0 Å². The van der Waals surface area contributed by atoms with Crippen molar-refractivity contribution in [1.29, 1.82) is 0 Å². The number of hydrogen-bond donors (Lipinski definition) is 4. The lowest BCUT2D eigenvalue weighted by Gasteiger charge is -2.43. The predicted octanol–water partition coefficient (Wildman–Crippen LogP) is 7.28. The maximum Gasteiger partial charge on any atom is 0.204 e. The van der Waals surface area contributed by atoms with Gasteiger partial charge in [0.2, 0.25) is 22.4 Å². The summed E-state index contributed by atoms with van der Waals surface area (Å²) in [5.41, 5.74) is 0.343. The molecule has 4 N–H and O–H groups in total. The number of phenols is 4. The van der Waals surface area contributed by atoms with Crippen molar-refractivity contribution in [3.05, 3.63) is 79.1 Å². The minimum Gasteiger partial charge on any atom is -0.507 e. The number of aromatic hydroxyl groups is 4. The van der Waals surface area contributed by atoms with Crippen LogP contribution in [0.15, 0.2) is 60.4 Å². The van der Waals surface area contributed by atoms with E-state index in [-0.39, 0.29) is 84.3 Å². The Bertz CT molecular complexity index is 2700. The molecule has 12 nitrogen and oxygen atoms in total. The Labute approximate surface area is 295 Å². The number of methoxy groups -OCH3 is 4. The number of rotatable bonds is 5. The molecule has 2 aliphatic rings. The second-order valence-corrected chi connectivity index (χ2v) is 14.2. The van der Waals surface area contributed by atoms with Crippen molar-refractivity contribution in [2.45, 2.75) is 39.0 Å². The average molecular weight is 709 g/mol. The molecule has 0 fully saturated rings. The van der Waals surface area contributed by atoms with E-state index in [9.17, 15) is 30.0 Å². The molecule has 268 valence electrons. The van der Waals surface area contributed by atoms with Gasteiger partial charge in [-0.05, 0) is 41.9 Å². The molecule has 0 amide bonds. The minimum atomic E-state index is -0.776. The second kappa shape index (κ2) is 11.2. The van der Waals surface area contributed by atoms with Crippen LogP contribution in [0.25, 0.3) is 43.9 Å². The van der Waals surface area contributed by atoms with Crippen LogP contribution < -0.4 is 29.8 Å². The van der Waals surface area contributed by atoms with Gasteiger partial charge in [-0.1, -0.05) is 25.5 Å². The van der Waals surface area contributed by atoms with Gasteiger partial charge in [0.05, 0.1) is 39.2 Å². The lowest BCUT2D eigenvalue weighted by atomic mass is 9.61. The van der Waals surface area contributed by atoms with Gasteiger partial charge in [-0.15, -0.1) is 0 Å². The molecular formula is C40H36O12. The van der Waals surface area contributed by atoms with Gasteiger partial charge in [-0.3, -0.25) is 9.59 Å². The molecule has 3 atom stereocenters. The average Bonchev–Trinajstić information content (AvgIpc) is 3.43. The molecule has 12 heteroatoms. The largest absolute Gasteiger partial charge is 0.507 e. The standard InChI is InChI=1S/C40H36O12/c1-15-8-19-25-30(37(50-7)36(46)39-31(25)35(45)29-21(42)10-17(48-5)12-23(29)52-39)26(32(19)40(2,3)14-15)18-13-24(49-6)33(43)38-27(18)34(44)28-20(41)9-16(47-4)11-22(28)51-38/h8-13,19,26,32,41-43,46H,14H2,1-7H3/t19-,26-,32-/m0/s1. The van der Waals surface area contributed by atoms with Crippen LogP contribution in [0.3, 0.4) is 0 Å². The van der Waals surface area contributed by atoms with Crippen molar-refractivity contribution in [2.75, 3.05) is 28.4 Å². The first-order valence-corrected chi connectivity index (χ1v) is 16.6. The van der Waals surface area contributed by atoms with Crippen LogP contribution >= 0.6 is 0 Å². The predicted molar refractivity (Wildman–Crippen MR) is 193 cm³/mol. The Morgan fingerprint density at radius 2 is 1.25 bits per heavy atom. The van der Waals surface area contributed by atoms with Crippen LogP contribution in [0.5, 0.6) is 46.0 Å². The van der Waals surface area contributed by atoms with Crippen LogP contribution in [-0.4, -0.2) is 48.9 Å². The Kier molecular flexibility index (Phi) is 7.15. The van der Waals surface area contributed by atoms with Gasteiger partial charge >= 0.3 is 0 Å². The third-order valence-corrected chi connectivity index (χ3v) is 10.9. The zero-order chi connectivity index (χ0) is 37.1. The number of hydrogen-bond acceptors (Lipinski definition) is 12. The first-order chi connectivity index (χ1) is 24.8. The van der Waals surface area contributed by atoms with Gasteiger partial charge < -0.3 is 48.2 Å². The zero-order valence-corrected chi connectivity index (χ0v) is 29.5. The van der Waals surface area contributed by atoms with Crippen LogP contribution in [0.2, 0.25) is 0 Å². The molecular weight excluding hydrogens is 672 g/mol. The van der Waals surface area contributed by atoms with Gasteiger partial charge in [0, 0.05) is 41.7 Å². The molecule has 2 heterocycles. The molecule has 0 saturated carbocycles. The number of ether oxygens (including phenoxy) is 4. The summed E-state index contributed by atoms with van der Waals surface area (Å²) in [6.45, 7) is 6.21. The van der Waals surface area contributed by atoms with Crippen LogP contribution in [0.4, 0.5) is 0 Å². The first-order valence-electron chi connectivity index (χ1n) is 16.6. The summed E-state index contributed by atoms with van der Waals surface area (Å²) < 4.78 is 34.6. The van der Waals surface area contributed by atoms with Crippen LogP contribution in [0.1, 0.15) is 55.7 Å². The maximum atomic E-state index is 14.6. The number of allylic oxidation sites excluding steroid dienone is 2. The highest BCUT2D eigenvalue weighted by Gasteiger charge is 2.54. The van der Waals surface area contributed by atoms with E-state index in [1.54, 1.807) is 6.07 Å². The number of phenolic OH excluding ortho intramolecular Hbond substituents is 4. The van der Waals surface area contributed by atoms with Crippen molar-refractivity contribution >= 4 is 43.9 Å². The molecule has 0 spiro atoms. The normalized spacial score (nSPS) is 19.1. The molecule has 2 aromatic heterocycles. The van der Waals surface area contributed by atoms with Crippen molar-refractivity contribution < 1.29 is 48.2 Å². The fourth-order valence-corrected chi connectivity index (χ4v) is 9.01. The molecule has 0 aliphatic heterocycles. The Balaban J connectivity index is 1.59. The maximum absolute atomic E-state index is 14.6. The van der Waals surface area contributed by atoms with Crippen molar-refractivity contribution in [2.24, 2.45) is 11.3 Å². The molecule has 4 aromatic carbocycles. The van der Waals surface area contributed by atoms with E-state index in [2.05, 4.69) is 19.9 Å². The fourth-order valence-electron chi connectivity index (χ4n) is 9.01.